The quantitative estimate of drug-likeness (QED) is 0.752. The molecule has 0 spiro atoms. The summed E-state index contributed by atoms with van der Waals surface area (Å²) >= 11 is 0. The summed E-state index contributed by atoms with van der Waals surface area (Å²) in [5, 5.41) is 3.00. The number of hydrogen-bond acceptors (Lipinski definition) is 3. The van der Waals surface area contributed by atoms with E-state index in [0.717, 1.165) is 31.4 Å². The molecule has 3 N–H and O–H groups in total. The first-order chi connectivity index (χ1) is 9.56. The standard InChI is InChI=1S/C14H25N3O2S/c1-3-11-6-4-5-7-14(11)17-20(18,19)13-8-12(9-15-2)16-10-13/h8,10-11,14-17H,3-7,9H2,1-2H3. The smallest absolute Gasteiger partial charge is 0.242 e. The molecule has 1 aliphatic carbocycles. The third-order valence-corrected chi connectivity index (χ3v) is 5.60. The summed E-state index contributed by atoms with van der Waals surface area (Å²) in [5.74, 6) is 0.467. The lowest BCUT2D eigenvalue weighted by atomic mass is 9.83. The Hall–Kier alpha value is -0.850. The van der Waals surface area contributed by atoms with E-state index in [-0.39, 0.29) is 6.04 Å². The van der Waals surface area contributed by atoms with E-state index in [9.17, 15) is 8.42 Å². The van der Waals surface area contributed by atoms with Crippen molar-refractivity contribution in [3.8, 4) is 0 Å². The number of aromatic amines is 1. The molecule has 2 atom stereocenters. The molecular formula is C14H25N3O2S. The molecule has 0 radical (unpaired) electrons. The average molecular weight is 299 g/mol. The topological polar surface area (TPSA) is 74.0 Å². The van der Waals surface area contributed by atoms with Crippen LogP contribution in [0.5, 0.6) is 0 Å². The second kappa shape index (κ2) is 6.74. The van der Waals surface area contributed by atoms with Crippen LogP contribution in [0, 0.1) is 5.92 Å². The Morgan fingerprint density at radius 1 is 1.35 bits per heavy atom. The summed E-state index contributed by atoms with van der Waals surface area (Å²) in [6.45, 7) is 2.77. The van der Waals surface area contributed by atoms with Gasteiger partial charge in [0.15, 0.2) is 0 Å². The summed E-state index contributed by atoms with van der Waals surface area (Å²) in [6, 6.07) is 1.78. The van der Waals surface area contributed by atoms with Crippen LogP contribution in [0.4, 0.5) is 0 Å². The zero-order valence-corrected chi connectivity index (χ0v) is 13.1. The fourth-order valence-electron chi connectivity index (χ4n) is 2.99. The van der Waals surface area contributed by atoms with Crippen molar-refractivity contribution in [1.29, 1.82) is 0 Å². The number of hydrogen-bond donors (Lipinski definition) is 3. The Labute approximate surface area is 121 Å². The molecule has 0 saturated heterocycles. The molecule has 1 aromatic heterocycles. The minimum Gasteiger partial charge on any atom is -0.363 e. The number of nitrogens with one attached hydrogen (secondary N) is 3. The fourth-order valence-corrected chi connectivity index (χ4v) is 4.34. The number of H-pyrrole nitrogens is 1. The van der Waals surface area contributed by atoms with Crippen molar-refractivity contribution in [2.24, 2.45) is 5.92 Å². The van der Waals surface area contributed by atoms with Crippen molar-refractivity contribution < 1.29 is 8.42 Å². The first kappa shape index (κ1) is 15.5. The van der Waals surface area contributed by atoms with E-state index in [2.05, 4.69) is 21.9 Å². The maximum absolute atomic E-state index is 12.4. The number of aromatic nitrogens is 1. The van der Waals surface area contributed by atoms with E-state index in [1.165, 1.54) is 6.42 Å². The third-order valence-electron chi connectivity index (χ3n) is 4.13. The third kappa shape index (κ3) is 3.62. The largest absolute Gasteiger partial charge is 0.363 e. The summed E-state index contributed by atoms with van der Waals surface area (Å²) < 4.78 is 27.8. The molecule has 0 aromatic carbocycles. The highest BCUT2D eigenvalue weighted by molar-refractivity contribution is 7.89. The fraction of sp³-hybridized carbons (Fsp3) is 0.714. The van der Waals surface area contributed by atoms with Gasteiger partial charge in [-0.3, -0.25) is 0 Å². The van der Waals surface area contributed by atoms with Gasteiger partial charge >= 0.3 is 0 Å². The minimum absolute atomic E-state index is 0.0846. The summed E-state index contributed by atoms with van der Waals surface area (Å²) in [6.07, 6.45) is 7.01. The van der Waals surface area contributed by atoms with Crippen molar-refractivity contribution in [2.75, 3.05) is 7.05 Å². The molecule has 20 heavy (non-hydrogen) atoms. The predicted molar refractivity (Wildman–Crippen MR) is 79.9 cm³/mol. The molecule has 1 aliphatic rings. The zero-order valence-electron chi connectivity index (χ0n) is 12.3. The minimum atomic E-state index is -3.41. The second-order valence-corrected chi connectivity index (χ2v) is 7.29. The van der Waals surface area contributed by atoms with E-state index < -0.39 is 10.0 Å². The van der Waals surface area contributed by atoms with Crippen molar-refractivity contribution in [3.63, 3.8) is 0 Å². The van der Waals surface area contributed by atoms with Crippen molar-refractivity contribution in [3.05, 3.63) is 18.0 Å². The van der Waals surface area contributed by atoms with Crippen LogP contribution in [0.1, 0.15) is 44.7 Å². The van der Waals surface area contributed by atoms with Crippen molar-refractivity contribution in [1.82, 2.24) is 15.0 Å². The Morgan fingerprint density at radius 3 is 2.80 bits per heavy atom. The normalized spacial score (nSPS) is 23.9. The van der Waals surface area contributed by atoms with E-state index in [0.29, 0.717) is 17.4 Å². The molecule has 6 heteroatoms. The van der Waals surface area contributed by atoms with E-state index in [1.54, 1.807) is 12.3 Å². The van der Waals surface area contributed by atoms with Crippen LogP contribution in [0.15, 0.2) is 17.2 Å². The van der Waals surface area contributed by atoms with Gasteiger partial charge in [-0.05, 0) is 31.9 Å². The number of sulfonamides is 1. The maximum atomic E-state index is 12.4. The second-order valence-electron chi connectivity index (χ2n) is 5.57. The lowest BCUT2D eigenvalue weighted by Crippen LogP contribution is -2.41. The maximum Gasteiger partial charge on any atom is 0.242 e. The van der Waals surface area contributed by atoms with Crippen LogP contribution in [0.3, 0.4) is 0 Å². The molecule has 0 amide bonds. The molecule has 1 aromatic rings. The van der Waals surface area contributed by atoms with Gasteiger partial charge in [0.2, 0.25) is 10.0 Å². The van der Waals surface area contributed by atoms with Gasteiger partial charge in [0.1, 0.15) is 0 Å². The Morgan fingerprint density at radius 2 is 2.10 bits per heavy atom. The molecule has 0 aliphatic heterocycles. The van der Waals surface area contributed by atoms with E-state index in [1.807, 2.05) is 7.05 Å². The van der Waals surface area contributed by atoms with Crippen LogP contribution in [0.25, 0.3) is 0 Å². The summed E-state index contributed by atoms with van der Waals surface area (Å²) in [4.78, 5) is 3.33. The zero-order chi connectivity index (χ0) is 14.6. The van der Waals surface area contributed by atoms with Gasteiger partial charge in [-0.1, -0.05) is 26.2 Å². The average Bonchev–Trinajstić information content (AvgIpc) is 2.89. The van der Waals surface area contributed by atoms with Crippen LogP contribution < -0.4 is 10.0 Å². The monoisotopic (exact) mass is 299 g/mol. The summed E-state index contributed by atoms with van der Waals surface area (Å²) in [7, 11) is -1.57. The van der Waals surface area contributed by atoms with Crippen LogP contribution in [-0.2, 0) is 16.6 Å². The van der Waals surface area contributed by atoms with E-state index in [4.69, 9.17) is 0 Å². The lowest BCUT2D eigenvalue weighted by Gasteiger charge is -2.31. The van der Waals surface area contributed by atoms with Gasteiger partial charge in [0, 0.05) is 24.5 Å². The molecule has 2 unspecified atom stereocenters. The van der Waals surface area contributed by atoms with Gasteiger partial charge in [-0.15, -0.1) is 0 Å². The van der Waals surface area contributed by atoms with Gasteiger partial charge in [-0.25, -0.2) is 13.1 Å². The molecule has 1 saturated carbocycles. The van der Waals surface area contributed by atoms with E-state index >= 15 is 0 Å². The SMILES string of the molecule is CCC1CCCCC1NS(=O)(=O)c1c[nH]c(CNC)c1. The Bertz CT molecular complexity index is 524. The Balaban J connectivity index is 2.09. The highest BCUT2D eigenvalue weighted by Gasteiger charge is 2.28. The molecule has 114 valence electrons. The highest BCUT2D eigenvalue weighted by atomic mass is 32.2. The molecule has 2 rings (SSSR count). The predicted octanol–water partition coefficient (Wildman–Crippen LogP) is 1.98. The first-order valence-corrected chi connectivity index (χ1v) is 8.89. The van der Waals surface area contributed by atoms with Crippen LogP contribution >= 0.6 is 0 Å². The van der Waals surface area contributed by atoms with Gasteiger partial charge in [-0.2, -0.15) is 0 Å². The first-order valence-electron chi connectivity index (χ1n) is 7.41. The highest BCUT2D eigenvalue weighted by Crippen LogP contribution is 2.28. The van der Waals surface area contributed by atoms with Crippen molar-refractivity contribution >= 4 is 10.0 Å². The molecule has 0 bridgehead atoms. The molecule has 1 heterocycles. The Kier molecular flexibility index (Phi) is 5.23. The molecular weight excluding hydrogens is 274 g/mol. The lowest BCUT2D eigenvalue weighted by molar-refractivity contribution is 0.282. The van der Waals surface area contributed by atoms with Gasteiger partial charge < -0.3 is 10.3 Å². The molecule has 1 fully saturated rings. The van der Waals surface area contributed by atoms with Gasteiger partial charge in [0.05, 0.1) is 4.90 Å². The van der Waals surface area contributed by atoms with Crippen LogP contribution in [0.2, 0.25) is 0 Å². The summed E-state index contributed by atoms with van der Waals surface area (Å²) in [5.41, 5.74) is 0.878. The van der Waals surface area contributed by atoms with Crippen LogP contribution in [-0.4, -0.2) is 26.5 Å². The molecule has 5 nitrogen and oxygen atoms in total. The van der Waals surface area contributed by atoms with Crippen molar-refractivity contribution in [2.45, 2.75) is 56.5 Å². The number of rotatable bonds is 6. The van der Waals surface area contributed by atoms with Gasteiger partial charge in [0.25, 0.3) is 0 Å².